The van der Waals surface area contributed by atoms with Crippen molar-refractivity contribution >= 4 is 21.6 Å². The molecule has 3 rings (SSSR count). The van der Waals surface area contributed by atoms with Crippen LogP contribution in [-0.2, 0) is 16.6 Å². The molecule has 162 valence electrons. The number of benzene rings is 3. The highest BCUT2D eigenvalue weighted by Crippen LogP contribution is 2.23. The topological polar surface area (TPSA) is 66.5 Å². The Morgan fingerprint density at radius 2 is 1.55 bits per heavy atom. The Morgan fingerprint density at radius 1 is 0.935 bits per heavy atom. The Morgan fingerprint density at radius 3 is 2.13 bits per heavy atom. The third-order valence-electron chi connectivity index (χ3n) is 5.31. The normalized spacial score (nSPS) is 12.2. The fourth-order valence-electron chi connectivity index (χ4n) is 3.47. The quantitative estimate of drug-likeness (QED) is 0.549. The maximum Gasteiger partial charge on any atom is 0.251 e. The van der Waals surface area contributed by atoms with Crippen LogP contribution in [0.2, 0.25) is 0 Å². The van der Waals surface area contributed by atoms with Gasteiger partial charge >= 0.3 is 0 Å². The summed E-state index contributed by atoms with van der Waals surface area (Å²) in [4.78, 5) is 12.8. The van der Waals surface area contributed by atoms with E-state index >= 15 is 0 Å². The molecular formula is C25H28N2O3S. The fourth-order valence-corrected chi connectivity index (χ4v) is 4.35. The zero-order chi connectivity index (χ0) is 22.4. The Hall–Kier alpha value is -3.12. The monoisotopic (exact) mass is 436 g/mol. The molecule has 0 saturated carbocycles. The molecule has 0 fully saturated rings. The van der Waals surface area contributed by atoms with Gasteiger partial charge in [-0.1, -0.05) is 61.5 Å². The summed E-state index contributed by atoms with van der Waals surface area (Å²) in [5, 5.41) is 3.05. The first-order valence-electron chi connectivity index (χ1n) is 10.3. The molecule has 0 saturated heterocycles. The van der Waals surface area contributed by atoms with Crippen molar-refractivity contribution < 1.29 is 13.2 Å². The predicted octanol–water partition coefficient (Wildman–Crippen LogP) is 4.84. The van der Waals surface area contributed by atoms with Crippen molar-refractivity contribution in [2.24, 2.45) is 0 Å². The van der Waals surface area contributed by atoms with Crippen LogP contribution in [0.3, 0.4) is 0 Å². The van der Waals surface area contributed by atoms with Gasteiger partial charge in [-0.25, -0.2) is 8.42 Å². The van der Waals surface area contributed by atoms with Crippen LogP contribution in [0.5, 0.6) is 0 Å². The minimum Gasteiger partial charge on any atom is -0.345 e. The Labute approximate surface area is 184 Å². The number of nitrogens with zero attached hydrogens (tertiary/aromatic N) is 1. The summed E-state index contributed by atoms with van der Waals surface area (Å²) in [5.74, 6) is -0.188. The van der Waals surface area contributed by atoms with E-state index in [0.717, 1.165) is 23.1 Å². The van der Waals surface area contributed by atoms with Gasteiger partial charge in [0.1, 0.15) is 0 Å². The molecule has 0 aliphatic heterocycles. The van der Waals surface area contributed by atoms with E-state index in [1.54, 1.807) is 24.3 Å². The van der Waals surface area contributed by atoms with E-state index in [-0.39, 0.29) is 18.5 Å². The van der Waals surface area contributed by atoms with Gasteiger partial charge in [0.05, 0.1) is 24.5 Å². The van der Waals surface area contributed by atoms with Gasteiger partial charge in [-0.15, -0.1) is 0 Å². The van der Waals surface area contributed by atoms with Gasteiger partial charge < -0.3 is 5.32 Å². The smallest absolute Gasteiger partial charge is 0.251 e. The number of hydrogen-bond acceptors (Lipinski definition) is 3. The molecule has 0 unspecified atom stereocenters. The number of sulfonamides is 1. The number of carbonyl (C=O) groups is 1. The molecule has 31 heavy (non-hydrogen) atoms. The lowest BCUT2D eigenvalue weighted by molar-refractivity contribution is 0.0935. The molecule has 3 aromatic rings. The minimum atomic E-state index is -3.49. The SMILES string of the molecule is CC[C@@H](NC(=O)c1ccc(N(Cc2ccccc2C)S(C)(=O)=O)cc1)c1ccccc1. The summed E-state index contributed by atoms with van der Waals surface area (Å²) in [6.45, 7) is 4.22. The van der Waals surface area contributed by atoms with Crippen LogP contribution < -0.4 is 9.62 Å². The zero-order valence-corrected chi connectivity index (χ0v) is 18.9. The van der Waals surface area contributed by atoms with Crippen molar-refractivity contribution in [3.63, 3.8) is 0 Å². The van der Waals surface area contributed by atoms with E-state index < -0.39 is 10.0 Å². The summed E-state index contributed by atoms with van der Waals surface area (Å²) >= 11 is 0. The molecule has 0 spiro atoms. The molecule has 6 heteroatoms. The summed E-state index contributed by atoms with van der Waals surface area (Å²) in [6, 6.07) is 24.1. The fraction of sp³-hybridized carbons (Fsp3) is 0.240. The lowest BCUT2D eigenvalue weighted by Gasteiger charge is -2.24. The van der Waals surface area contributed by atoms with Crippen molar-refractivity contribution in [2.75, 3.05) is 10.6 Å². The van der Waals surface area contributed by atoms with Crippen LogP contribution in [0.15, 0.2) is 78.9 Å². The number of rotatable bonds is 8. The Bertz CT molecular complexity index is 1130. The largest absolute Gasteiger partial charge is 0.345 e. The molecule has 1 N–H and O–H groups in total. The lowest BCUT2D eigenvalue weighted by atomic mass is 10.0. The van der Waals surface area contributed by atoms with Gasteiger partial charge in [0.2, 0.25) is 10.0 Å². The molecule has 1 amide bonds. The minimum absolute atomic E-state index is 0.0815. The van der Waals surface area contributed by atoms with Gasteiger partial charge in [-0.05, 0) is 54.3 Å². The molecule has 0 bridgehead atoms. The van der Waals surface area contributed by atoms with Gasteiger partial charge in [0, 0.05) is 5.56 Å². The molecule has 1 atom stereocenters. The van der Waals surface area contributed by atoms with Crippen LogP contribution >= 0.6 is 0 Å². The number of carbonyl (C=O) groups excluding carboxylic acids is 1. The zero-order valence-electron chi connectivity index (χ0n) is 18.1. The van der Waals surface area contributed by atoms with Gasteiger partial charge in [0.25, 0.3) is 5.91 Å². The van der Waals surface area contributed by atoms with Crippen molar-refractivity contribution in [1.82, 2.24) is 5.32 Å². The van der Waals surface area contributed by atoms with Gasteiger partial charge in [-0.3, -0.25) is 9.10 Å². The van der Waals surface area contributed by atoms with Gasteiger partial charge in [0.15, 0.2) is 0 Å². The molecule has 3 aromatic carbocycles. The van der Waals surface area contributed by atoms with E-state index in [2.05, 4.69) is 5.32 Å². The molecular weight excluding hydrogens is 408 g/mol. The van der Waals surface area contributed by atoms with Crippen molar-refractivity contribution in [3.8, 4) is 0 Å². The van der Waals surface area contributed by atoms with Crippen LogP contribution in [0.1, 0.15) is 46.4 Å². The molecule has 5 nitrogen and oxygen atoms in total. The van der Waals surface area contributed by atoms with E-state index in [9.17, 15) is 13.2 Å². The molecule has 0 radical (unpaired) electrons. The standard InChI is InChI=1S/C25H28N2O3S/c1-4-24(20-11-6-5-7-12-20)26-25(28)21-14-16-23(17-15-21)27(31(3,29)30)18-22-13-9-8-10-19(22)2/h5-17,24H,4,18H2,1-3H3,(H,26,28)/t24-/m1/s1. The number of hydrogen-bond donors (Lipinski definition) is 1. The summed E-state index contributed by atoms with van der Waals surface area (Å²) in [5.41, 5.74) is 4.03. The van der Waals surface area contributed by atoms with E-state index in [1.165, 1.54) is 10.6 Å². The summed E-state index contributed by atoms with van der Waals surface area (Å²) in [6.07, 6.45) is 1.96. The number of amides is 1. The summed E-state index contributed by atoms with van der Waals surface area (Å²) < 4.78 is 26.3. The van der Waals surface area contributed by atoms with E-state index in [4.69, 9.17) is 0 Å². The number of aryl methyl sites for hydroxylation is 1. The Balaban J connectivity index is 1.79. The van der Waals surface area contributed by atoms with Crippen molar-refractivity contribution in [2.45, 2.75) is 32.9 Å². The second-order valence-electron chi connectivity index (χ2n) is 7.59. The van der Waals surface area contributed by atoms with Crippen LogP contribution in [0, 0.1) is 6.92 Å². The van der Waals surface area contributed by atoms with Crippen molar-refractivity contribution in [1.29, 1.82) is 0 Å². The lowest BCUT2D eigenvalue weighted by Crippen LogP contribution is -2.30. The van der Waals surface area contributed by atoms with Crippen molar-refractivity contribution in [3.05, 3.63) is 101 Å². The van der Waals surface area contributed by atoms with Crippen LogP contribution in [0.4, 0.5) is 5.69 Å². The Kier molecular flexibility index (Phi) is 7.13. The highest BCUT2D eigenvalue weighted by atomic mass is 32.2. The predicted molar refractivity (Wildman–Crippen MR) is 126 cm³/mol. The maximum atomic E-state index is 12.8. The first-order chi connectivity index (χ1) is 14.8. The number of nitrogens with one attached hydrogen (secondary N) is 1. The van der Waals surface area contributed by atoms with Crippen LogP contribution in [0.25, 0.3) is 0 Å². The maximum absolute atomic E-state index is 12.8. The highest BCUT2D eigenvalue weighted by molar-refractivity contribution is 7.92. The second kappa shape index (κ2) is 9.79. The average Bonchev–Trinajstić information content (AvgIpc) is 2.76. The van der Waals surface area contributed by atoms with Gasteiger partial charge in [-0.2, -0.15) is 0 Å². The second-order valence-corrected chi connectivity index (χ2v) is 9.49. The highest BCUT2D eigenvalue weighted by Gasteiger charge is 2.20. The first-order valence-corrected chi connectivity index (χ1v) is 12.1. The first kappa shape index (κ1) is 22.6. The molecule has 0 aliphatic rings. The van der Waals surface area contributed by atoms with Crippen LogP contribution in [-0.4, -0.2) is 20.6 Å². The molecule has 0 heterocycles. The van der Waals surface area contributed by atoms with E-state index in [1.807, 2.05) is 68.4 Å². The third kappa shape index (κ3) is 5.73. The molecule has 0 aliphatic carbocycles. The third-order valence-corrected chi connectivity index (χ3v) is 6.45. The van der Waals surface area contributed by atoms with E-state index in [0.29, 0.717) is 11.3 Å². The molecule has 0 aromatic heterocycles. The number of anilines is 1. The average molecular weight is 437 g/mol. The summed E-state index contributed by atoms with van der Waals surface area (Å²) in [7, 11) is -3.49.